The SMILES string of the molecule is CCOc1ccc(/C=C2\Oc3c(ccc(OC(=O)CCc4cc(Cl)no4)c3C)C2=O)cc1. The second-order valence-corrected chi connectivity index (χ2v) is 7.48. The second-order valence-electron chi connectivity index (χ2n) is 7.10. The highest BCUT2D eigenvalue weighted by molar-refractivity contribution is 6.29. The van der Waals surface area contributed by atoms with Gasteiger partial charge in [0, 0.05) is 18.1 Å². The summed E-state index contributed by atoms with van der Waals surface area (Å²) in [5.41, 5.74) is 1.80. The lowest BCUT2D eigenvalue weighted by molar-refractivity contribution is -0.134. The Kier molecular flexibility index (Phi) is 6.28. The highest BCUT2D eigenvalue weighted by Crippen LogP contribution is 2.39. The number of allylic oxidation sites excluding steroid dienone is 1. The third kappa shape index (κ3) is 4.68. The lowest BCUT2D eigenvalue weighted by Gasteiger charge is -2.09. The fourth-order valence-corrected chi connectivity index (χ4v) is 3.42. The molecule has 0 atom stereocenters. The van der Waals surface area contributed by atoms with Gasteiger partial charge in [0.05, 0.1) is 18.6 Å². The lowest BCUT2D eigenvalue weighted by Crippen LogP contribution is -2.10. The summed E-state index contributed by atoms with van der Waals surface area (Å²) in [6, 6.07) is 12.1. The van der Waals surface area contributed by atoms with Crippen molar-refractivity contribution in [1.82, 2.24) is 5.16 Å². The number of hydrogen-bond donors (Lipinski definition) is 0. The zero-order chi connectivity index (χ0) is 22.7. The van der Waals surface area contributed by atoms with Crippen LogP contribution in [0.2, 0.25) is 5.15 Å². The number of fused-ring (bicyclic) bond motifs is 1. The zero-order valence-corrected chi connectivity index (χ0v) is 18.3. The number of carbonyl (C=O) groups is 2. The van der Waals surface area contributed by atoms with Gasteiger partial charge in [-0.3, -0.25) is 9.59 Å². The van der Waals surface area contributed by atoms with E-state index < -0.39 is 5.97 Å². The summed E-state index contributed by atoms with van der Waals surface area (Å²) in [5, 5.41) is 3.80. The number of hydrogen-bond acceptors (Lipinski definition) is 7. The zero-order valence-electron chi connectivity index (χ0n) is 17.5. The molecule has 2 heterocycles. The van der Waals surface area contributed by atoms with E-state index in [0.717, 1.165) is 11.3 Å². The van der Waals surface area contributed by atoms with Crippen LogP contribution in [0.1, 0.15) is 40.6 Å². The van der Waals surface area contributed by atoms with Crippen molar-refractivity contribution in [3.8, 4) is 17.2 Å². The molecule has 1 aromatic heterocycles. The molecule has 0 fully saturated rings. The fraction of sp³-hybridized carbons (Fsp3) is 0.208. The highest BCUT2D eigenvalue weighted by atomic mass is 35.5. The smallest absolute Gasteiger partial charge is 0.311 e. The van der Waals surface area contributed by atoms with Crippen molar-refractivity contribution in [3.63, 3.8) is 0 Å². The Hall–Kier alpha value is -3.58. The molecule has 0 bridgehead atoms. The van der Waals surface area contributed by atoms with Crippen LogP contribution >= 0.6 is 11.6 Å². The van der Waals surface area contributed by atoms with E-state index in [0.29, 0.717) is 41.4 Å². The predicted octanol–water partition coefficient (Wildman–Crippen LogP) is 5.19. The summed E-state index contributed by atoms with van der Waals surface area (Å²) < 4.78 is 21.7. The van der Waals surface area contributed by atoms with E-state index in [1.165, 1.54) is 0 Å². The van der Waals surface area contributed by atoms with E-state index in [4.69, 9.17) is 30.3 Å². The molecule has 32 heavy (non-hydrogen) atoms. The van der Waals surface area contributed by atoms with Crippen LogP contribution in [0.4, 0.5) is 0 Å². The molecule has 0 saturated heterocycles. The van der Waals surface area contributed by atoms with E-state index in [-0.39, 0.29) is 23.1 Å². The summed E-state index contributed by atoms with van der Waals surface area (Å²) in [7, 11) is 0. The molecule has 8 heteroatoms. The molecule has 0 spiro atoms. The van der Waals surface area contributed by atoms with Gasteiger partial charge in [-0.05, 0) is 49.8 Å². The summed E-state index contributed by atoms with van der Waals surface area (Å²) >= 11 is 5.70. The van der Waals surface area contributed by atoms with E-state index in [9.17, 15) is 9.59 Å². The Labute approximate surface area is 189 Å². The topological polar surface area (TPSA) is 87.9 Å². The number of halogens is 1. The average Bonchev–Trinajstić information content (AvgIpc) is 3.34. The Morgan fingerprint density at radius 1 is 1.19 bits per heavy atom. The molecule has 1 aliphatic rings. The fourth-order valence-electron chi connectivity index (χ4n) is 3.26. The normalized spacial score (nSPS) is 13.7. The summed E-state index contributed by atoms with van der Waals surface area (Å²) in [6.07, 6.45) is 2.07. The molecule has 0 amide bonds. The Bertz CT molecular complexity index is 1200. The number of Topliss-reactive ketones (excluding diaryl/α,β-unsaturated/α-hetero) is 1. The molecule has 1 aliphatic heterocycles. The molecular weight excluding hydrogens is 434 g/mol. The molecule has 7 nitrogen and oxygen atoms in total. The number of aryl methyl sites for hydroxylation is 1. The second kappa shape index (κ2) is 9.28. The highest BCUT2D eigenvalue weighted by Gasteiger charge is 2.30. The number of benzene rings is 2. The van der Waals surface area contributed by atoms with Gasteiger partial charge in [-0.2, -0.15) is 0 Å². The van der Waals surface area contributed by atoms with Crippen molar-refractivity contribution in [3.05, 3.63) is 75.8 Å². The van der Waals surface area contributed by atoms with Crippen LogP contribution in [-0.4, -0.2) is 23.5 Å². The van der Waals surface area contributed by atoms with Gasteiger partial charge in [-0.15, -0.1) is 0 Å². The van der Waals surface area contributed by atoms with E-state index >= 15 is 0 Å². The van der Waals surface area contributed by atoms with Crippen LogP contribution in [-0.2, 0) is 11.2 Å². The van der Waals surface area contributed by atoms with Gasteiger partial charge in [0.1, 0.15) is 23.0 Å². The maximum Gasteiger partial charge on any atom is 0.311 e. The van der Waals surface area contributed by atoms with Crippen LogP contribution in [0.3, 0.4) is 0 Å². The van der Waals surface area contributed by atoms with Crippen LogP contribution in [0.5, 0.6) is 17.2 Å². The first-order valence-corrected chi connectivity index (χ1v) is 10.4. The Morgan fingerprint density at radius 3 is 2.66 bits per heavy atom. The van der Waals surface area contributed by atoms with Gasteiger partial charge in [0.15, 0.2) is 10.9 Å². The van der Waals surface area contributed by atoms with Gasteiger partial charge in [0.25, 0.3) is 0 Å². The number of esters is 1. The van der Waals surface area contributed by atoms with Crippen molar-refractivity contribution in [2.45, 2.75) is 26.7 Å². The van der Waals surface area contributed by atoms with Gasteiger partial charge >= 0.3 is 5.97 Å². The van der Waals surface area contributed by atoms with Crippen molar-refractivity contribution >= 4 is 29.4 Å². The summed E-state index contributed by atoms with van der Waals surface area (Å²) in [6.45, 7) is 4.24. The first-order valence-electron chi connectivity index (χ1n) is 10.1. The maximum atomic E-state index is 12.8. The number of ether oxygens (including phenoxy) is 3. The number of aromatic nitrogens is 1. The quantitative estimate of drug-likeness (QED) is 0.276. The number of rotatable bonds is 7. The molecule has 164 valence electrons. The first kappa shape index (κ1) is 21.6. The van der Waals surface area contributed by atoms with Gasteiger partial charge in [-0.1, -0.05) is 28.9 Å². The molecule has 3 aromatic rings. The van der Waals surface area contributed by atoms with Crippen molar-refractivity contribution in [1.29, 1.82) is 0 Å². The summed E-state index contributed by atoms with van der Waals surface area (Å²) in [5.74, 6) is 1.50. The largest absolute Gasteiger partial charge is 0.494 e. The minimum absolute atomic E-state index is 0.0880. The van der Waals surface area contributed by atoms with Crippen LogP contribution in [0.25, 0.3) is 6.08 Å². The van der Waals surface area contributed by atoms with Crippen LogP contribution in [0, 0.1) is 6.92 Å². The van der Waals surface area contributed by atoms with Gasteiger partial charge in [0.2, 0.25) is 5.78 Å². The molecule has 0 unspecified atom stereocenters. The molecule has 4 rings (SSSR count). The molecule has 0 radical (unpaired) electrons. The third-order valence-corrected chi connectivity index (χ3v) is 5.03. The third-order valence-electron chi connectivity index (χ3n) is 4.86. The minimum atomic E-state index is -0.449. The molecule has 0 aliphatic carbocycles. The Morgan fingerprint density at radius 2 is 1.97 bits per heavy atom. The summed E-state index contributed by atoms with van der Waals surface area (Å²) in [4.78, 5) is 25.0. The van der Waals surface area contributed by atoms with E-state index in [2.05, 4.69) is 5.16 Å². The molecule has 2 aromatic carbocycles. The predicted molar refractivity (Wildman–Crippen MR) is 117 cm³/mol. The number of ketones is 1. The van der Waals surface area contributed by atoms with E-state index in [1.807, 2.05) is 31.2 Å². The van der Waals surface area contributed by atoms with Crippen molar-refractivity contribution in [2.75, 3.05) is 6.61 Å². The van der Waals surface area contributed by atoms with Gasteiger partial charge in [-0.25, -0.2) is 0 Å². The van der Waals surface area contributed by atoms with Crippen molar-refractivity contribution < 1.29 is 28.3 Å². The first-order chi connectivity index (χ1) is 15.4. The minimum Gasteiger partial charge on any atom is -0.494 e. The van der Waals surface area contributed by atoms with Crippen LogP contribution < -0.4 is 14.2 Å². The number of nitrogens with zero attached hydrogens (tertiary/aromatic N) is 1. The monoisotopic (exact) mass is 453 g/mol. The number of carbonyl (C=O) groups excluding carboxylic acids is 2. The van der Waals surface area contributed by atoms with Crippen LogP contribution in [0.15, 0.2) is 52.7 Å². The standard InChI is InChI=1S/C24H20ClNO6/c1-3-29-16-6-4-15(5-7-16)12-20-23(28)18-9-10-19(14(2)24(18)31-20)30-22(27)11-8-17-13-21(25)26-32-17/h4-7,9-10,12-13H,3,8,11H2,1-2H3/b20-12-. The maximum absolute atomic E-state index is 12.8. The molecular formula is C24H20ClNO6. The molecule has 0 saturated carbocycles. The van der Waals surface area contributed by atoms with Crippen molar-refractivity contribution in [2.24, 2.45) is 0 Å². The van der Waals surface area contributed by atoms with Gasteiger partial charge < -0.3 is 18.7 Å². The van der Waals surface area contributed by atoms with E-state index in [1.54, 1.807) is 31.2 Å². The lowest BCUT2D eigenvalue weighted by atomic mass is 10.1. The molecule has 0 N–H and O–H groups in total. The average molecular weight is 454 g/mol. The Balaban J connectivity index is 1.46.